The van der Waals surface area contributed by atoms with Crippen molar-refractivity contribution in [3.8, 4) is 5.75 Å². The number of rotatable bonds is 6. The number of thioether (sulfide) groups is 1. The van der Waals surface area contributed by atoms with Crippen LogP contribution in [0.1, 0.15) is 27.7 Å². The Balaban J connectivity index is 2.61. The molecular weight excluding hydrogens is 232 g/mol. The Morgan fingerprint density at radius 2 is 1.71 bits per heavy atom. The van der Waals surface area contributed by atoms with E-state index in [9.17, 15) is 5.11 Å². The Kier molecular flexibility index (Phi) is 5.86. The van der Waals surface area contributed by atoms with Gasteiger partial charge in [0.15, 0.2) is 0 Å². The van der Waals surface area contributed by atoms with Gasteiger partial charge >= 0.3 is 0 Å². The summed E-state index contributed by atoms with van der Waals surface area (Å²) in [5.41, 5.74) is 0. The molecule has 0 aromatic heterocycles. The standard InChI is InChI=1S/C14H22O2S/c1-10(2)14(9-15)17-13-7-5-12(6-8-13)16-11(3)4/h5-8,10-11,14-15H,9H2,1-4H3. The molecule has 1 aromatic carbocycles. The summed E-state index contributed by atoms with van der Waals surface area (Å²) in [6.07, 6.45) is 0.203. The van der Waals surface area contributed by atoms with Crippen LogP contribution in [-0.2, 0) is 0 Å². The molecule has 0 aliphatic heterocycles. The maximum Gasteiger partial charge on any atom is 0.119 e. The monoisotopic (exact) mass is 254 g/mol. The molecule has 2 nitrogen and oxygen atoms in total. The van der Waals surface area contributed by atoms with Crippen LogP contribution in [0.5, 0.6) is 5.75 Å². The van der Waals surface area contributed by atoms with Crippen molar-refractivity contribution < 1.29 is 9.84 Å². The van der Waals surface area contributed by atoms with E-state index in [-0.39, 0.29) is 18.0 Å². The van der Waals surface area contributed by atoms with E-state index in [1.165, 1.54) is 4.90 Å². The molecule has 0 radical (unpaired) electrons. The molecule has 17 heavy (non-hydrogen) atoms. The molecule has 0 bridgehead atoms. The fraction of sp³-hybridized carbons (Fsp3) is 0.571. The summed E-state index contributed by atoms with van der Waals surface area (Å²) in [7, 11) is 0. The SMILES string of the molecule is CC(C)Oc1ccc(SC(CO)C(C)C)cc1. The van der Waals surface area contributed by atoms with Crippen LogP contribution in [0.15, 0.2) is 29.2 Å². The van der Waals surface area contributed by atoms with Crippen LogP contribution in [0.4, 0.5) is 0 Å². The van der Waals surface area contributed by atoms with Crippen molar-refractivity contribution in [3.63, 3.8) is 0 Å². The van der Waals surface area contributed by atoms with Crippen molar-refractivity contribution in [3.05, 3.63) is 24.3 Å². The average Bonchev–Trinajstić information content (AvgIpc) is 2.26. The minimum absolute atomic E-state index is 0.203. The zero-order valence-electron chi connectivity index (χ0n) is 11.0. The van der Waals surface area contributed by atoms with Gasteiger partial charge in [0.2, 0.25) is 0 Å². The molecule has 0 fully saturated rings. The van der Waals surface area contributed by atoms with Gasteiger partial charge in [-0.25, -0.2) is 0 Å². The molecule has 0 heterocycles. The van der Waals surface area contributed by atoms with Gasteiger partial charge in [-0.2, -0.15) is 0 Å². The predicted octanol–water partition coefficient (Wildman–Crippen LogP) is 3.58. The number of ether oxygens (including phenoxy) is 1. The number of hydrogen-bond acceptors (Lipinski definition) is 3. The van der Waals surface area contributed by atoms with Crippen molar-refractivity contribution >= 4 is 11.8 Å². The van der Waals surface area contributed by atoms with Crippen LogP contribution in [0.3, 0.4) is 0 Å². The van der Waals surface area contributed by atoms with Gasteiger partial charge in [-0.1, -0.05) is 13.8 Å². The second-order valence-corrected chi connectivity index (χ2v) is 6.03. The maximum atomic E-state index is 9.29. The zero-order chi connectivity index (χ0) is 12.8. The molecule has 96 valence electrons. The highest BCUT2D eigenvalue weighted by molar-refractivity contribution is 8.00. The van der Waals surface area contributed by atoms with Crippen molar-refractivity contribution in [1.82, 2.24) is 0 Å². The lowest BCUT2D eigenvalue weighted by Crippen LogP contribution is -2.15. The molecule has 1 aromatic rings. The molecule has 0 aliphatic carbocycles. The quantitative estimate of drug-likeness (QED) is 0.787. The maximum absolute atomic E-state index is 9.29. The van der Waals surface area contributed by atoms with E-state index in [2.05, 4.69) is 13.8 Å². The predicted molar refractivity (Wildman–Crippen MR) is 73.8 cm³/mol. The first-order chi connectivity index (χ1) is 8.02. The highest BCUT2D eigenvalue weighted by Crippen LogP contribution is 2.29. The zero-order valence-corrected chi connectivity index (χ0v) is 11.8. The fourth-order valence-electron chi connectivity index (χ4n) is 1.43. The highest BCUT2D eigenvalue weighted by atomic mass is 32.2. The molecule has 1 unspecified atom stereocenters. The molecule has 1 rings (SSSR count). The second-order valence-electron chi connectivity index (χ2n) is 4.72. The van der Waals surface area contributed by atoms with Gasteiger partial charge in [-0.3, -0.25) is 0 Å². The van der Waals surface area contributed by atoms with Crippen LogP contribution < -0.4 is 4.74 Å². The van der Waals surface area contributed by atoms with Gasteiger partial charge in [0.1, 0.15) is 5.75 Å². The Labute approximate surface area is 108 Å². The molecule has 0 amide bonds. The van der Waals surface area contributed by atoms with Crippen molar-refractivity contribution in [2.75, 3.05) is 6.61 Å². The minimum Gasteiger partial charge on any atom is -0.491 e. The molecule has 0 saturated carbocycles. The first kappa shape index (κ1) is 14.4. The molecule has 0 spiro atoms. The lowest BCUT2D eigenvalue weighted by molar-refractivity contribution is 0.242. The van der Waals surface area contributed by atoms with Crippen LogP contribution in [0.2, 0.25) is 0 Å². The summed E-state index contributed by atoms with van der Waals surface area (Å²) in [5, 5.41) is 9.54. The third kappa shape index (κ3) is 5.00. The number of aliphatic hydroxyl groups is 1. The van der Waals surface area contributed by atoms with Crippen LogP contribution in [-0.4, -0.2) is 23.1 Å². The number of aliphatic hydroxyl groups excluding tert-OH is 1. The van der Waals surface area contributed by atoms with E-state index in [1.807, 2.05) is 38.1 Å². The summed E-state index contributed by atoms with van der Waals surface area (Å²) >= 11 is 1.72. The topological polar surface area (TPSA) is 29.5 Å². The largest absolute Gasteiger partial charge is 0.491 e. The third-order valence-corrected chi connectivity index (χ3v) is 3.95. The third-order valence-electron chi connectivity index (χ3n) is 2.41. The normalized spacial score (nSPS) is 13.1. The first-order valence-corrected chi connectivity index (χ1v) is 6.95. The van der Waals surface area contributed by atoms with E-state index >= 15 is 0 Å². The lowest BCUT2D eigenvalue weighted by Gasteiger charge is -2.17. The Hall–Kier alpha value is -0.670. The van der Waals surface area contributed by atoms with Crippen molar-refractivity contribution in [1.29, 1.82) is 0 Å². The van der Waals surface area contributed by atoms with E-state index in [4.69, 9.17) is 4.74 Å². The van der Waals surface area contributed by atoms with Gasteiger partial charge in [0.25, 0.3) is 0 Å². The highest BCUT2D eigenvalue weighted by Gasteiger charge is 2.13. The second kappa shape index (κ2) is 6.92. The summed E-state index contributed by atoms with van der Waals surface area (Å²) in [6, 6.07) is 8.06. The smallest absolute Gasteiger partial charge is 0.119 e. The van der Waals surface area contributed by atoms with Gasteiger partial charge in [0.05, 0.1) is 12.7 Å². The van der Waals surface area contributed by atoms with Gasteiger partial charge in [0, 0.05) is 10.1 Å². The Bertz CT molecular complexity index is 319. The molecule has 1 N–H and O–H groups in total. The Morgan fingerprint density at radius 3 is 2.12 bits per heavy atom. The van der Waals surface area contributed by atoms with E-state index in [1.54, 1.807) is 11.8 Å². The summed E-state index contributed by atoms with van der Waals surface area (Å²) < 4.78 is 5.59. The van der Waals surface area contributed by atoms with Gasteiger partial charge in [-0.15, -0.1) is 11.8 Å². The van der Waals surface area contributed by atoms with Gasteiger partial charge in [-0.05, 0) is 44.0 Å². The molecule has 0 saturated heterocycles. The molecular formula is C14H22O2S. The fourth-order valence-corrected chi connectivity index (χ4v) is 2.42. The number of benzene rings is 1. The number of hydrogen-bond donors (Lipinski definition) is 1. The molecule has 0 aliphatic rings. The summed E-state index contributed by atoms with van der Waals surface area (Å²) in [5.74, 6) is 1.37. The first-order valence-electron chi connectivity index (χ1n) is 6.07. The van der Waals surface area contributed by atoms with Gasteiger partial charge < -0.3 is 9.84 Å². The Morgan fingerprint density at radius 1 is 1.12 bits per heavy atom. The summed E-state index contributed by atoms with van der Waals surface area (Å²) in [4.78, 5) is 1.17. The molecule has 3 heteroatoms. The van der Waals surface area contributed by atoms with Crippen LogP contribution in [0.25, 0.3) is 0 Å². The average molecular weight is 254 g/mol. The van der Waals surface area contributed by atoms with E-state index in [0.717, 1.165) is 5.75 Å². The minimum atomic E-state index is 0.203. The van der Waals surface area contributed by atoms with Crippen LogP contribution in [0, 0.1) is 5.92 Å². The lowest BCUT2D eigenvalue weighted by atomic mass is 10.1. The van der Waals surface area contributed by atoms with Crippen molar-refractivity contribution in [2.24, 2.45) is 5.92 Å². The summed E-state index contributed by atoms with van der Waals surface area (Å²) in [6.45, 7) is 8.51. The van der Waals surface area contributed by atoms with E-state index in [0.29, 0.717) is 5.92 Å². The van der Waals surface area contributed by atoms with E-state index < -0.39 is 0 Å². The molecule has 1 atom stereocenters. The van der Waals surface area contributed by atoms with Crippen LogP contribution >= 0.6 is 11.8 Å². The van der Waals surface area contributed by atoms with Crippen molar-refractivity contribution in [2.45, 2.75) is 43.9 Å².